The van der Waals surface area contributed by atoms with Crippen LogP contribution < -0.4 is 0 Å². The van der Waals surface area contributed by atoms with Crippen molar-refractivity contribution in [2.75, 3.05) is 6.54 Å². The van der Waals surface area contributed by atoms with Crippen molar-refractivity contribution in [2.45, 2.75) is 25.8 Å². The van der Waals surface area contributed by atoms with E-state index in [9.17, 15) is 9.59 Å². The van der Waals surface area contributed by atoms with Crippen molar-refractivity contribution >= 4 is 34.4 Å². The Hall–Kier alpha value is -1.46. The summed E-state index contributed by atoms with van der Waals surface area (Å²) >= 11 is 3.20. The van der Waals surface area contributed by atoms with E-state index in [1.807, 2.05) is 22.4 Å². The first kappa shape index (κ1) is 13.5. The van der Waals surface area contributed by atoms with E-state index in [2.05, 4.69) is 11.4 Å². The number of rotatable bonds is 4. The summed E-state index contributed by atoms with van der Waals surface area (Å²) in [6.07, 6.45) is 1.57. The number of carbonyl (C=O) groups excluding carboxylic acids is 2. The Morgan fingerprint density at radius 2 is 2.05 bits per heavy atom. The van der Waals surface area contributed by atoms with E-state index in [1.165, 1.54) is 21.8 Å². The number of nitrogens with zero attached hydrogens (tertiary/aromatic N) is 1. The molecule has 1 aliphatic rings. The molecule has 0 radical (unpaired) electrons. The summed E-state index contributed by atoms with van der Waals surface area (Å²) in [6.45, 7) is 1.48. The third-order valence-electron chi connectivity index (χ3n) is 3.52. The second kappa shape index (κ2) is 5.89. The van der Waals surface area contributed by atoms with Crippen molar-refractivity contribution in [1.29, 1.82) is 0 Å². The Bertz CT molecular complexity index is 616. The van der Waals surface area contributed by atoms with Crippen molar-refractivity contribution < 1.29 is 9.59 Å². The zero-order chi connectivity index (χ0) is 13.9. The highest BCUT2D eigenvalue weighted by molar-refractivity contribution is 7.12. The molecule has 0 fully saturated rings. The van der Waals surface area contributed by atoms with Crippen LogP contribution in [0.15, 0.2) is 29.0 Å². The van der Waals surface area contributed by atoms with Gasteiger partial charge in [0.05, 0.1) is 4.88 Å². The van der Waals surface area contributed by atoms with Gasteiger partial charge in [-0.15, -0.1) is 22.7 Å². The quantitative estimate of drug-likeness (QED) is 0.812. The molecule has 104 valence electrons. The minimum atomic E-state index is 0.0709. The summed E-state index contributed by atoms with van der Waals surface area (Å²) in [7, 11) is 0. The molecule has 0 saturated carbocycles. The minimum Gasteiger partial charge on any atom is -0.338 e. The molecule has 3 nitrogen and oxygen atoms in total. The second-order valence-corrected chi connectivity index (χ2v) is 6.78. The summed E-state index contributed by atoms with van der Waals surface area (Å²) in [6, 6.07) is 5.77. The fourth-order valence-electron chi connectivity index (χ4n) is 2.40. The predicted octanol–water partition coefficient (Wildman–Crippen LogP) is 3.36. The molecule has 0 aliphatic carbocycles. The smallest absolute Gasteiger partial charge is 0.223 e. The zero-order valence-electron chi connectivity index (χ0n) is 11.0. The Labute approximate surface area is 125 Å². The molecule has 3 heterocycles. The Morgan fingerprint density at radius 1 is 1.15 bits per heavy atom. The van der Waals surface area contributed by atoms with Crippen LogP contribution in [-0.2, 0) is 17.8 Å². The largest absolute Gasteiger partial charge is 0.338 e. The maximum Gasteiger partial charge on any atom is 0.223 e. The van der Waals surface area contributed by atoms with Crippen LogP contribution >= 0.6 is 22.7 Å². The van der Waals surface area contributed by atoms with Crippen molar-refractivity contribution in [3.05, 3.63) is 44.3 Å². The van der Waals surface area contributed by atoms with E-state index in [0.29, 0.717) is 19.4 Å². The van der Waals surface area contributed by atoms with Gasteiger partial charge in [-0.2, -0.15) is 0 Å². The molecular weight excluding hydrogens is 290 g/mol. The SMILES string of the molecule is O=C(CCC(=O)N1CCc2sccc2C1)c1cccs1. The number of hydrogen-bond acceptors (Lipinski definition) is 4. The van der Waals surface area contributed by atoms with Gasteiger partial charge in [-0.25, -0.2) is 0 Å². The molecule has 5 heteroatoms. The number of Topliss-reactive ketones (excluding diaryl/α,β-unsaturated/α-hetero) is 1. The van der Waals surface area contributed by atoms with Gasteiger partial charge >= 0.3 is 0 Å². The highest BCUT2D eigenvalue weighted by atomic mass is 32.1. The first-order valence-corrected chi connectivity index (χ1v) is 8.39. The van der Waals surface area contributed by atoms with Crippen LogP contribution in [0.4, 0.5) is 0 Å². The lowest BCUT2D eigenvalue weighted by molar-refractivity contribution is -0.132. The maximum atomic E-state index is 12.2. The molecule has 20 heavy (non-hydrogen) atoms. The summed E-state index contributed by atoms with van der Waals surface area (Å²) in [5.74, 6) is 0.160. The Kier molecular flexibility index (Phi) is 3.98. The molecule has 3 rings (SSSR count). The van der Waals surface area contributed by atoms with Crippen LogP contribution in [0.2, 0.25) is 0 Å². The van der Waals surface area contributed by atoms with Gasteiger partial charge in [0.1, 0.15) is 0 Å². The third-order valence-corrected chi connectivity index (χ3v) is 5.46. The number of thiophene rings is 2. The molecular formula is C15H15NO2S2. The highest BCUT2D eigenvalue weighted by Crippen LogP contribution is 2.24. The van der Waals surface area contributed by atoms with Gasteiger partial charge in [0.2, 0.25) is 5.91 Å². The lowest BCUT2D eigenvalue weighted by Gasteiger charge is -2.27. The highest BCUT2D eigenvalue weighted by Gasteiger charge is 2.22. The van der Waals surface area contributed by atoms with Crippen LogP contribution in [0.1, 0.15) is 33.0 Å². The number of amides is 1. The van der Waals surface area contributed by atoms with E-state index < -0.39 is 0 Å². The average Bonchev–Trinajstić information content (AvgIpc) is 3.13. The molecule has 0 atom stereocenters. The van der Waals surface area contributed by atoms with Crippen molar-refractivity contribution in [3.8, 4) is 0 Å². The molecule has 0 unspecified atom stereocenters. The number of fused-ring (bicyclic) bond motifs is 1. The molecule has 2 aromatic heterocycles. The second-order valence-electron chi connectivity index (χ2n) is 4.83. The van der Waals surface area contributed by atoms with E-state index in [0.717, 1.165) is 17.8 Å². The standard InChI is InChI=1S/C15H15NO2S2/c17-12(14-2-1-8-19-14)3-4-15(18)16-7-5-13-11(10-16)6-9-20-13/h1-2,6,8-9H,3-5,7,10H2. The van der Waals surface area contributed by atoms with Gasteiger partial charge in [-0.3, -0.25) is 9.59 Å². The van der Waals surface area contributed by atoms with E-state index >= 15 is 0 Å². The van der Waals surface area contributed by atoms with Crippen molar-refractivity contribution in [1.82, 2.24) is 4.90 Å². The fourth-order valence-corrected chi connectivity index (χ4v) is 3.98. The van der Waals surface area contributed by atoms with E-state index in [4.69, 9.17) is 0 Å². The monoisotopic (exact) mass is 305 g/mol. The van der Waals surface area contributed by atoms with Gasteiger partial charge < -0.3 is 4.90 Å². The summed E-state index contributed by atoms with van der Waals surface area (Å²) < 4.78 is 0. The number of ketones is 1. The summed E-state index contributed by atoms with van der Waals surface area (Å²) in [5.41, 5.74) is 1.26. The fraction of sp³-hybridized carbons (Fsp3) is 0.333. The van der Waals surface area contributed by atoms with Crippen LogP contribution in [0, 0.1) is 0 Å². The Balaban J connectivity index is 1.54. The Morgan fingerprint density at radius 3 is 2.85 bits per heavy atom. The van der Waals surface area contributed by atoms with Gasteiger partial charge in [0.25, 0.3) is 0 Å². The van der Waals surface area contributed by atoms with E-state index in [-0.39, 0.29) is 11.7 Å². The van der Waals surface area contributed by atoms with Gasteiger partial charge in [0, 0.05) is 30.8 Å². The molecule has 0 aromatic carbocycles. The molecule has 1 aliphatic heterocycles. The van der Waals surface area contributed by atoms with Gasteiger partial charge in [-0.05, 0) is 34.9 Å². The van der Waals surface area contributed by atoms with Crippen LogP contribution in [0.25, 0.3) is 0 Å². The number of hydrogen-bond donors (Lipinski definition) is 0. The summed E-state index contributed by atoms with van der Waals surface area (Å²) in [4.78, 5) is 28.1. The van der Waals surface area contributed by atoms with Gasteiger partial charge in [-0.1, -0.05) is 6.07 Å². The third kappa shape index (κ3) is 2.83. The summed E-state index contributed by atoms with van der Waals surface area (Å²) in [5, 5.41) is 3.97. The lowest BCUT2D eigenvalue weighted by atomic mass is 10.1. The molecule has 0 spiro atoms. The van der Waals surface area contributed by atoms with Crippen LogP contribution in [-0.4, -0.2) is 23.1 Å². The molecule has 1 amide bonds. The topological polar surface area (TPSA) is 37.4 Å². The van der Waals surface area contributed by atoms with Crippen molar-refractivity contribution in [2.24, 2.45) is 0 Å². The van der Waals surface area contributed by atoms with Crippen LogP contribution in [0.3, 0.4) is 0 Å². The number of carbonyl (C=O) groups is 2. The predicted molar refractivity (Wildman–Crippen MR) is 81.3 cm³/mol. The zero-order valence-corrected chi connectivity index (χ0v) is 12.6. The minimum absolute atomic E-state index is 0.0709. The lowest BCUT2D eigenvalue weighted by Crippen LogP contribution is -2.35. The maximum absolute atomic E-state index is 12.2. The van der Waals surface area contributed by atoms with Crippen LogP contribution in [0.5, 0.6) is 0 Å². The molecule has 2 aromatic rings. The van der Waals surface area contributed by atoms with Crippen molar-refractivity contribution in [3.63, 3.8) is 0 Å². The average molecular weight is 305 g/mol. The first-order valence-electron chi connectivity index (χ1n) is 6.64. The first-order chi connectivity index (χ1) is 9.74. The molecule has 0 N–H and O–H groups in total. The normalized spacial score (nSPS) is 14.1. The van der Waals surface area contributed by atoms with E-state index in [1.54, 1.807) is 11.3 Å². The van der Waals surface area contributed by atoms with Gasteiger partial charge in [0.15, 0.2) is 5.78 Å². The molecule has 0 saturated heterocycles. The molecule has 0 bridgehead atoms.